The van der Waals surface area contributed by atoms with Gasteiger partial charge in [0.25, 0.3) is 0 Å². The number of hydrogen-bond acceptors (Lipinski definition) is 3. The van der Waals surface area contributed by atoms with E-state index in [4.69, 9.17) is 9.47 Å². The van der Waals surface area contributed by atoms with Gasteiger partial charge in [0.05, 0.1) is 6.42 Å². The molecule has 1 atom stereocenters. The van der Waals surface area contributed by atoms with Gasteiger partial charge in [-0.1, -0.05) is 32.0 Å². The van der Waals surface area contributed by atoms with E-state index in [1.165, 1.54) is 5.56 Å². The molecular weight excluding hydrogens is 302 g/mol. The van der Waals surface area contributed by atoms with Gasteiger partial charge >= 0.3 is 0 Å². The number of hydrogen-bond donors (Lipinski definition) is 1. The Kier molecular flexibility index (Phi) is 5.04. The first-order valence-electron chi connectivity index (χ1n) is 8.44. The molecule has 4 nitrogen and oxygen atoms in total. The second-order valence-corrected chi connectivity index (χ2v) is 6.13. The number of amides is 1. The van der Waals surface area contributed by atoms with Crippen molar-refractivity contribution < 1.29 is 14.3 Å². The third-order valence-corrected chi connectivity index (χ3v) is 4.35. The Balaban J connectivity index is 1.61. The summed E-state index contributed by atoms with van der Waals surface area (Å²) in [6, 6.07) is 13.7. The summed E-state index contributed by atoms with van der Waals surface area (Å²) >= 11 is 0. The summed E-state index contributed by atoms with van der Waals surface area (Å²) in [7, 11) is 0. The van der Waals surface area contributed by atoms with Gasteiger partial charge in [-0.05, 0) is 47.7 Å². The van der Waals surface area contributed by atoms with Crippen LogP contribution in [-0.4, -0.2) is 19.1 Å². The van der Waals surface area contributed by atoms with Crippen LogP contribution in [0.25, 0.3) is 0 Å². The van der Waals surface area contributed by atoms with Gasteiger partial charge < -0.3 is 14.8 Å². The summed E-state index contributed by atoms with van der Waals surface area (Å²) in [5.74, 6) is 1.95. The molecular formula is C20H23NO3. The SMILES string of the molecule is CCC(C)c1ccc(NC(=O)Cc2ccc3c(c2)OCCO3)cc1. The van der Waals surface area contributed by atoms with Crippen LogP contribution in [0.3, 0.4) is 0 Å². The molecule has 3 rings (SSSR count). The molecule has 2 aromatic rings. The Morgan fingerprint density at radius 1 is 1.08 bits per heavy atom. The molecule has 0 spiro atoms. The van der Waals surface area contributed by atoms with Crippen molar-refractivity contribution in [3.63, 3.8) is 0 Å². The molecule has 1 aliphatic rings. The number of carbonyl (C=O) groups excluding carboxylic acids is 1. The lowest BCUT2D eigenvalue weighted by molar-refractivity contribution is -0.115. The Morgan fingerprint density at radius 2 is 1.79 bits per heavy atom. The number of benzene rings is 2. The van der Waals surface area contributed by atoms with Gasteiger partial charge in [0.2, 0.25) is 5.91 Å². The van der Waals surface area contributed by atoms with Crippen molar-refractivity contribution >= 4 is 11.6 Å². The average Bonchev–Trinajstić information content (AvgIpc) is 2.61. The fourth-order valence-corrected chi connectivity index (χ4v) is 2.72. The fraction of sp³-hybridized carbons (Fsp3) is 0.350. The highest BCUT2D eigenvalue weighted by molar-refractivity contribution is 5.92. The molecule has 4 heteroatoms. The molecule has 0 radical (unpaired) electrons. The number of carbonyl (C=O) groups is 1. The van der Waals surface area contributed by atoms with Gasteiger partial charge in [-0.2, -0.15) is 0 Å². The maximum atomic E-state index is 12.2. The number of anilines is 1. The molecule has 24 heavy (non-hydrogen) atoms. The molecule has 126 valence electrons. The summed E-state index contributed by atoms with van der Waals surface area (Å²) in [6.45, 7) is 5.49. The lowest BCUT2D eigenvalue weighted by atomic mass is 9.98. The van der Waals surface area contributed by atoms with E-state index in [1.807, 2.05) is 30.3 Å². The zero-order valence-corrected chi connectivity index (χ0v) is 14.2. The molecule has 0 fully saturated rings. The van der Waals surface area contributed by atoms with Crippen molar-refractivity contribution in [3.05, 3.63) is 53.6 Å². The molecule has 1 N–H and O–H groups in total. The van der Waals surface area contributed by atoms with Crippen LogP contribution < -0.4 is 14.8 Å². The van der Waals surface area contributed by atoms with Crippen LogP contribution in [0.4, 0.5) is 5.69 Å². The molecule has 0 aromatic heterocycles. The maximum Gasteiger partial charge on any atom is 0.228 e. The topological polar surface area (TPSA) is 47.6 Å². The highest BCUT2D eigenvalue weighted by Crippen LogP contribution is 2.31. The third-order valence-electron chi connectivity index (χ3n) is 4.35. The number of rotatable bonds is 5. The quantitative estimate of drug-likeness (QED) is 0.898. The Morgan fingerprint density at radius 3 is 2.50 bits per heavy atom. The molecule has 0 saturated heterocycles. The minimum Gasteiger partial charge on any atom is -0.486 e. The fourth-order valence-electron chi connectivity index (χ4n) is 2.72. The molecule has 1 heterocycles. The lowest BCUT2D eigenvalue weighted by Crippen LogP contribution is -2.17. The van der Waals surface area contributed by atoms with E-state index in [1.54, 1.807) is 0 Å². The summed E-state index contributed by atoms with van der Waals surface area (Å²) < 4.78 is 11.0. The van der Waals surface area contributed by atoms with Gasteiger partial charge in [0.15, 0.2) is 11.5 Å². The highest BCUT2D eigenvalue weighted by atomic mass is 16.6. The van der Waals surface area contributed by atoms with Crippen molar-refractivity contribution in [1.29, 1.82) is 0 Å². The average molecular weight is 325 g/mol. The molecule has 1 amide bonds. The van der Waals surface area contributed by atoms with Crippen LogP contribution in [0.15, 0.2) is 42.5 Å². The second kappa shape index (κ2) is 7.39. The maximum absolute atomic E-state index is 12.2. The van der Waals surface area contributed by atoms with E-state index in [0.29, 0.717) is 31.3 Å². The molecule has 0 bridgehead atoms. The van der Waals surface area contributed by atoms with Crippen molar-refractivity contribution in [2.75, 3.05) is 18.5 Å². The predicted octanol–water partition coefficient (Wildman–Crippen LogP) is 4.15. The van der Waals surface area contributed by atoms with Crippen LogP contribution >= 0.6 is 0 Å². The summed E-state index contributed by atoms with van der Waals surface area (Å²) in [5, 5.41) is 2.94. The minimum absolute atomic E-state index is 0.0389. The van der Waals surface area contributed by atoms with Gasteiger partial charge in [-0.3, -0.25) is 4.79 Å². The molecule has 1 unspecified atom stereocenters. The first kappa shape index (κ1) is 16.4. The van der Waals surface area contributed by atoms with E-state index in [2.05, 4.69) is 31.3 Å². The van der Waals surface area contributed by atoms with E-state index in [0.717, 1.165) is 23.4 Å². The minimum atomic E-state index is -0.0389. The molecule has 0 aliphatic carbocycles. The van der Waals surface area contributed by atoms with E-state index >= 15 is 0 Å². The smallest absolute Gasteiger partial charge is 0.228 e. The van der Waals surface area contributed by atoms with Crippen molar-refractivity contribution in [2.24, 2.45) is 0 Å². The number of nitrogens with one attached hydrogen (secondary N) is 1. The van der Waals surface area contributed by atoms with Crippen LogP contribution in [0.2, 0.25) is 0 Å². The summed E-state index contributed by atoms with van der Waals surface area (Å²) in [6.07, 6.45) is 1.42. The van der Waals surface area contributed by atoms with Gasteiger partial charge in [0, 0.05) is 5.69 Å². The third kappa shape index (κ3) is 3.88. The predicted molar refractivity (Wildman–Crippen MR) is 94.9 cm³/mol. The first-order valence-corrected chi connectivity index (χ1v) is 8.44. The van der Waals surface area contributed by atoms with E-state index < -0.39 is 0 Å². The van der Waals surface area contributed by atoms with Crippen molar-refractivity contribution in [1.82, 2.24) is 0 Å². The van der Waals surface area contributed by atoms with Gasteiger partial charge in [0.1, 0.15) is 13.2 Å². The second-order valence-electron chi connectivity index (χ2n) is 6.13. The standard InChI is InChI=1S/C20H23NO3/c1-3-14(2)16-5-7-17(8-6-16)21-20(22)13-15-4-9-18-19(12-15)24-11-10-23-18/h4-9,12,14H,3,10-11,13H2,1-2H3,(H,21,22). The number of fused-ring (bicyclic) bond motifs is 1. The van der Waals surface area contributed by atoms with Crippen LogP contribution in [0.1, 0.15) is 37.3 Å². The summed E-state index contributed by atoms with van der Waals surface area (Å²) in [5.41, 5.74) is 3.03. The summed E-state index contributed by atoms with van der Waals surface area (Å²) in [4.78, 5) is 12.2. The van der Waals surface area contributed by atoms with Crippen molar-refractivity contribution in [3.8, 4) is 11.5 Å². The van der Waals surface area contributed by atoms with Crippen LogP contribution in [0.5, 0.6) is 11.5 Å². The van der Waals surface area contributed by atoms with Gasteiger partial charge in [-0.25, -0.2) is 0 Å². The Labute approximate surface area is 142 Å². The Hall–Kier alpha value is -2.49. The van der Waals surface area contributed by atoms with Gasteiger partial charge in [-0.15, -0.1) is 0 Å². The molecule has 2 aromatic carbocycles. The highest BCUT2D eigenvalue weighted by Gasteiger charge is 2.13. The van der Waals surface area contributed by atoms with E-state index in [-0.39, 0.29) is 5.91 Å². The van der Waals surface area contributed by atoms with Crippen molar-refractivity contribution in [2.45, 2.75) is 32.6 Å². The molecule has 1 aliphatic heterocycles. The Bertz CT molecular complexity index is 709. The largest absolute Gasteiger partial charge is 0.486 e. The zero-order valence-electron chi connectivity index (χ0n) is 14.2. The van der Waals surface area contributed by atoms with E-state index in [9.17, 15) is 4.79 Å². The van der Waals surface area contributed by atoms with Crippen LogP contribution in [0, 0.1) is 0 Å². The normalized spacial score (nSPS) is 14.1. The molecule has 0 saturated carbocycles. The first-order chi connectivity index (χ1) is 11.7. The zero-order chi connectivity index (χ0) is 16.9. The monoisotopic (exact) mass is 325 g/mol. The van der Waals surface area contributed by atoms with Crippen LogP contribution in [-0.2, 0) is 11.2 Å². The number of ether oxygens (including phenoxy) is 2. The lowest BCUT2D eigenvalue weighted by Gasteiger charge is -2.18.